The first kappa shape index (κ1) is 24.3. The minimum atomic E-state index is -3.83. The maximum atomic E-state index is 13.2. The zero-order valence-corrected chi connectivity index (χ0v) is 18.9. The van der Waals surface area contributed by atoms with Crippen LogP contribution in [0, 0.1) is 5.13 Å². The van der Waals surface area contributed by atoms with E-state index in [1.54, 1.807) is 6.07 Å². The fourth-order valence-corrected chi connectivity index (χ4v) is 4.18. The van der Waals surface area contributed by atoms with Crippen LogP contribution in [-0.2, 0) is 26.3 Å². The molecule has 0 unspecified atom stereocenters. The van der Waals surface area contributed by atoms with Gasteiger partial charge in [-0.2, -0.15) is 8.70 Å². The summed E-state index contributed by atoms with van der Waals surface area (Å²) in [4.78, 5) is 29.7. The van der Waals surface area contributed by atoms with E-state index < -0.39 is 21.1 Å². The van der Waals surface area contributed by atoms with Crippen molar-refractivity contribution in [3.63, 3.8) is 0 Å². The predicted molar refractivity (Wildman–Crippen MR) is 117 cm³/mol. The van der Waals surface area contributed by atoms with Gasteiger partial charge in [0.05, 0.1) is 17.7 Å². The maximum Gasteiger partial charge on any atom is 0.280 e. The molecule has 0 radical (unpaired) electrons. The summed E-state index contributed by atoms with van der Waals surface area (Å²) in [6, 6.07) is 6.98. The van der Waals surface area contributed by atoms with Crippen LogP contribution in [0.5, 0.6) is 0 Å². The van der Waals surface area contributed by atoms with Crippen molar-refractivity contribution in [2.75, 3.05) is 25.5 Å². The zero-order valence-electron chi connectivity index (χ0n) is 17.3. The van der Waals surface area contributed by atoms with Crippen LogP contribution in [0.2, 0.25) is 0 Å². The second-order valence-electron chi connectivity index (χ2n) is 6.38. The number of anilines is 1. The minimum Gasteiger partial charge on any atom is -0.395 e. The van der Waals surface area contributed by atoms with Crippen LogP contribution in [0.25, 0.3) is 0 Å². The Kier molecular flexibility index (Phi) is 8.11. The highest BCUT2D eigenvalue weighted by atomic mass is 32.2. The van der Waals surface area contributed by atoms with E-state index in [1.807, 2.05) is 0 Å². The molecule has 0 saturated carbocycles. The summed E-state index contributed by atoms with van der Waals surface area (Å²) in [6.45, 7) is -0.522. The van der Waals surface area contributed by atoms with E-state index in [9.17, 15) is 17.6 Å². The molecule has 2 heterocycles. The Labute approximate surface area is 192 Å². The molecule has 33 heavy (non-hydrogen) atoms. The largest absolute Gasteiger partial charge is 0.395 e. The number of hydrogen-bond acceptors (Lipinski definition) is 10. The minimum absolute atomic E-state index is 0.0152. The second-order valence-corrected chi connectivity index (χ2v) is 9.40. The first-order valence-corrected chi connectivity index (χ1v) is 11.6. The van der Waals surface area contributed by atoms with Crippen molar-refractivity contribution in [3.05, 3.63) is 65.4 Å². The molecule has 2 N–H and O–H groups in total. The standard InChI is InChI=1S/C19H19FN6O5S2/c1-26(9-10-27)33(29,30)14-5-3-13(4-6-14)17(18(28)24-19-23-11-15(20)32-19)25-31-12-16-21-7-2-8-22-16/h2-8,11,27H,9-10,12H2,1H3,(H,23,24,28)/b25-17+. The summed E-state index contributed by atoms with van der Waals surface area (Å²) in [6.07, 6.45) is 4.00. The number of halogens is 1. The number of benzene rings is 1. The number of oxime groups is 1. The Bertz CT molecular complexity index is 1220. The molecule has 174 valence electrons. The van der Waals surface area contributed by atoms with Crippen molar-refractivity contribution in [1.82, 2.24) is 19.3 Å². The number of aromatic nitrogens is 3. The Morgan fingerprint density at radius 2 is 1.94 bits per heavy atom. The highest BCUT2D eigenvalue weighted by Gasteiger charge is 2.22. The zero-order chi connectivity index (χ0) is 23.8. The molecule has 1 amide bonds. The van der Waals surface area contributed by atoms with E-state index in [-0.39, 0.29) is 41.1 Å². The van der Waals surface area contributed by atoms with E-state index in [1.165, 1.54) is 43.7 Å². The lowest BCUT2D eigenvalue weighted by atomic mass is 10.1. The van der Waals surface area contributed by atoms with Gasteiger partial charge >= 0.3 is 0 Å². The van der Waals surface area contributed by atoms with Gasteiger partial charge in [0.2, 0.25) is 10.0 Å². The summed E-state index contributed by atoms with van der Waals surface area (Å²) in [5.41, 5.74) is 0.0384. The van der Waals surface area contributed by atoms with Gasteiger partial charge < -0.3 is 9.94 Å². The number of nitrogens with one attached hydrogen (secondary N) is 1. The number of nitrogens with zero attached hydrogens (tertiary/aromatic N) is 5. The molecule has 0 spiro atoms. The molecule has 14 heteroatoms. The Hall–Kier alpha value is -3.33. The van der Waals surface area contributed by atoms with Crippen molar-refractivity contribution in [1.29, 1.82) is 0 Å². The monoisotopic (exact) mass is 494 g/mol. The molecule has 0 aliphatic rings. The predicted octanol–water partition coefficient (Wildman–Crippen LogP) is 1.24. The van der Waals surface area contributed by atoms with Crippen molar-refractivity contribution in [2.45, 2.75) is 11.5 Å². The number of likely N-dealkylation sites (N-methyl/N-ethyl adjacent to an activating group) is 1. The molecule has 2 aromatic heterocycles. The van der Waals surface area contributed by atoms with Gasteiger partial charge in [-0.3, -0.25) is 10.1 Å². The number of rotatable bonds is 10. The van der Waals surface area contributed by atoms with E-state index in [2.05, 4.69) is 25.4 Å². The Morgan fingerprint density at radius 1 is 1.24 bits per heavy atom. The normalized spacial score (nSPS) is 12.1. The average Bonchev–Trinajstić information content (AvgIpc) is 3.22. The molecule has 0 aliphatic heterocycles. The molecule has 0 aliphatic carbocycles. The van der Waals surface area contributed by atoms with Gasteiger partial charge in [-0.1, -0.05) is 28.6 Å². The fourth-order valence-electron chi connectivity index (χ4n) is 2.48. The summed E-state index contributed by atoms with van der Waals surface area (Å²) in [5, 5.41) is 14.7. The van der Waals surface area contributed by atoms with E-state index in [4.69, 9.17) is 9.94 Å². The fraction of sp³-hybridized carbons (Fsp3) is 0.211. The molecular weight excluding hydrogens is 475 g/mol. The molecule has 3 rings (SSSR count). The highest BCUT2D eigenvalue weighted by Crippen LogP contribution is 2.18. The lowest BCUT2D eigenvalue weighted by Gasteiger charge is -2.16. The Morgan fingerprint density at radius 3 is 2.55 bits per heavy atom. The van der Waals surface area contributed by atoms with Crippen molar-refractivity contribution >= 4 is 38.1 Å². The number of sulfonamides is 1. The SMILES string of the molecule is CN(CCO)S(=O)(=O)c1ccc(/C(=N\OCc2ncccn2)C(=O)Nc2ncc(F)s2)cc1. The number of hydrogen-bond donors (Lipinski definition) is 2. The van der Waals surface area contributed by atoms with Crippen LogP contribution in [-0.4, -0.2) is 64.6 Å². The van der Waals surface area contributed by atoms with Gasteiger partial charge in [-0.05, 0) is 18.2 Å². The van der Waals surface area contributed by atoms with Crippen LogP contribution in [0.4, 0.5) is 9.52 Å². The number of carbonyl (C=O) groups is 1. The highest BCUT2D eigenvalue weighted by molar-refractivity contribution is 7.89. The van der Waals surface area contributed by atoms with Crippen LogP contribution >= 0.6 is 11.3 Å². The lowest BCUT2D eigenvalue weighted by molar-refractivity contribution is -0.110. The van der Waals surface area contributed by atoms with Gasteiger partial charge in [-0.25, -0.2) is 23.4 Å². The molecule has 0 atom stereocenters. The average molecular weight is 495 g/mol. The molecule has 3 aromatic rings. The first-order valence-electron chi connectivity index (χ1n) is 9.37. The second kappa shape index (κ2) is 11.0. The van der Waals surface area contributed by atoms with E-state index in [0.29, 0.717) is 17.2 Å². The lowest BCUT2D eigenvalue weighted by Crippen LogP contribution is -2.29. The van der Waals surface area contributed by atoms with Crippen LogP contribution in [0.1, 0.15) is 11.4 Å². The summed E-state index contributed by atoms with van der Waals surface area (Å²) >= 11 is 0.632. The van der Waals surface area contributed by atoms with Crippen LogP contribution in [0.3, 0.4) is 0 Å². The topological polar surface area (TPSA) is 147 Å². The van der Waals surface area contributed by atoms with Crippen molar-refractivity contribution in [2.24, 2.45) is 5.16 Å². The van der Waals surface area contributed by atoms with Gasteiger partial charge in [0, 0.05) is 31.5 Å². The van der Waals surface area contributed by atoms with Gasteiger partial charge in [0.1, 0.15) is 0 Å². The molecule has 11 nitrogen and oxygen atoms in total. The third kappa shape index (κ3) is 6.35. The molecule has 1 aromatic carbocycles. The number of carbonyl (C=O) groups excluding carboxylic acids is 1. The van der Waals surface area contributed by atoms with Crippen molar-refractivity contribution in [3.8, 4) is 0 Å². The number of amides is 1. The third-order valence-corrected chi connectivity index (χ3v) is 6.70. The van der Waals surface area contributed by atoms with E-state index >= 15 is 0 Å². The van der Waals surface area contributed by atoms with Crippen LogP contribution in [0.15, 0.2) is 59.0 Å². The molecule has 0 fully saturated rings. The summed E-state index contributed by atoms with van der Waals surface area (Å²) < 4.78 is 39.3. The van der Waals surface area contributed by atoms with E-state index in [0.717, 1.165) is 10.5 Å². The van der Waals surface area contributed by atoms with Gasteiger partial charge in [0.25, 0.3) is 5.91 Å². The first-order chi connectivity index (χ1) is 15.8. The number of thiazole rings is 1. The Balaban J connectivity index is 1.86. The number of aliphatic hydroxyl groups is 1. The molecule has 0 saturated heterocycles. The molecular formula is C19H19FN6O5S2. The quantitative estimate of drug-likeness (QED) is 0.316. The third-order valence-electron chi connectivity index (χ3n) is 4.13. The van der Waals surface area contributed by atoms with Crippen LogP contribution < -0.4 is 5.32 Å². The summed E-state index contributed by atoms with van der Waals surface area (Å²) in [5.74, 6) is -0.414. The number of aliphatic hydroxyl groups excluding tert-OH is 1. The molecule has 0 bridgehead atoms. The summed E-state index contributed by atoms with van der Waals surface area (Å²) in [7, 11) is -2.49. The van der Waals surface area contributed by atoms with Gasteiger partial charge in [-0.15, -0.1) is 0 Å². The maximum absolute atomic E-state index is 13.2. The van der Waals surface area contributed by atoms with Crippen molar-refractivity contribution < 1.29 is 27.5 Å². The smallest absolute Gasteiger partial charge is 0.280 e. The van der Waals surface area contributed by atoms with Gasteiger partial charge in [0.15, 0.2) is 28.4 Å².